The van der Waals surface area contributed by atoms with E-state index in [-0.39, 0.29) is 40.3 Å². The van der Waals surface area contributed by atoms with Crippen LogP contribution in [0.1, 0.15) is 19.1 Å². The number of amides is 1. The minimum absolute atomic E-state index is 0.0189. The predicted molar refractivity (Wildman–Crippen MR) is 138 cm³/mol. The Balaban J connectivity index is 1.15. The number of rotatable bonds is 11. The number of fused-ring (bicyclic) bond motifs is 1. The number of nitrogens with two attached hydrogens (primary N) is 2. The van der Waals surface area contributed by atoms with Crippen LogP contribution >= 0.6 is 15.6 Å². The van der Waals surface area contributed by atoms with E-state index in [2.05, 4.69) is 28.3 Å². The Morgan fingerprint density at radius 2 is 1.62 bits per heavy atom. The van der Waals surface area contributed by atoms with Crippen LogP contribution in [0.2, 0.25) is 0 Å². The molecule has 2 aromatic heterocycles. The zero-order chi connectivity index (χ0) is 32.8. The number of imidazole rings is 1. The fourth-order valence-electron chi connectivity index (χ4n) is 5.11. The SMILES string of the molecule is NC(=O)C1=C[NH+]([C@@H]2O[C@H](COP(=O)([O-])OP(=O)([O-])OC[C@H]3O[C@@H](n4cnc5c(N)ncnc54)[C@H](O)[C@@H]3O)[C@@H](O)[C@H]2O)[C@@H](O)CC1. The first kappa shape index (κ1) is 33.9. The summed E-state index contributed by atoms with van der Waals surface area (Å²) in [5.74, 6) is -0.734. The second-order valence-electron chi connectivity index (χ2n) is 10.4. The van der Waals surface area contributed by atoms with Gasteiger partial charge in [-0.3, -0.25) is 23.4 Å². The summed E-state index contributed by atoms with van der Waals surface area (Å²) in [5.41, 5.74) is 11.5. The average molecular weight is 682 g/mol. The third kappa shape index (κ3) is 7.10. The van der Waals surface area contributed by atoms with Gasteiger partial charge < -0.3 is 65.3 Å². The summed E-state index contributed by atoms with van der Waals surface area (Å²) in [4.78, 5) is 47.9. The largest absolute Gasteiger partial charge is 0.756 e. The number of aliphatic hydroxyl groups excluding tert-OH is 5. The summed E-state index contributed by atoms with van der Waals surface area (Å²) < 4.78 is 49.9. The zero-order valence-electron chi connectivity index (χ0n) is 22.9. The van der Waals surface area contributed by atoms with Gasteiger partial charge in [0.2, 0.25) is 12.1 Å². The Morgan fingerprint density at radius 1 is 1.00 bits per heavy atom. The first-order chi connectivity index (χ1) is 21.1. The normalized spacial score (nSPS) is 36.5. The van der Waals surface area contributed by atoms with E-state index in [1.54, 1.807) is 0 Å². The van der Waals surface area contributed by atoms with Gasteiger partial charge in [-0.2, -0.15) is 0 Å². The molecule has 45 heavy (non-hydrogen) atoms. The molecule has 24 heteroatoms. The van der Waals surface area contributed by atoms with Crippen molar-refractivity contribution >= 4 is 38.5 Å². The molecule has 0 bridgehead atoms. The number of phosphoric acid groups is 2. The molecule has 1 amide bonds. The van der Waals surface area contributed by atoms with Crippen LogP contribution in [0.4, 0.5) is 5.82 Å². The third-order valence-corrected chi connectivity index (χ3v) is 9.94. The molecule has 250 valence electrons. The quantitative estimate of drug-likeness (QED) is 0.102. The fraction of sp³-hybridized carbons (Fsp3) is 0.619. The molecular weight excluding hydrogens is 652 g/mol. The van der Waals surface area contributed by atoms with Gasteiger partial charge in [0, 0.05) is 6.42 Å². The Labute approximate surface area is 252 Å². The second-order valence-corrected chi connectivity index (χ2v) is 13.3. The molecule has 5 heterocycles. The molecule has 2 aromatic rings. The zero-order valence-corrected chi connectivity index (χ0v) is 24.7. The molecule has 3 aliphatic rings. The highest BCUT2D eigenvalue weighted by atomic mass is 31.3. The van der Waals surface area contributed by atoms with E-state index in [9.17, 15) is 49.2 Å². The lowest BCUT2D eigenvalue weighted by atomic mass is 10.0. The van der Waals surface area contributed by atoms with E-state index in [0.29, 0.717) is 0 Å². The first-order valence-corrected chi connectivity index (χ1v) is 16.1. The highest BCUT2D eigenvalue weighted by Gasteiger charge is 2.51. The molecule has 2 saturated heterocycles. The van der Waals surface area contributed by atoms with E-state index in [0.717, 1.165) is 6.33 Å². The van der Waals surface area contributed by atoms with Crippen LogP contribution in [-0.4, -0.2) is 113 Å². The Hall–Kier alpha value is -2.50. The van der Waals surface area contributed by atoms with E-state index >= 15 is 0 Å². The second kappa shape index (κ2) is 13.0. The summed E-state index contributed by atoms with van der Waals surface area (Å²) in [5, 5.41) is 51.9. The number of carbonyl (C=O) groups excluding carboxylic acids is 1. The van der Waals surface area contributed by atoms with Gasteiger partial charge in [-0.15, -0.1) is 0 Å². The van der Waals surface area contributed by atoms with Gasteiger partial charge in [0.05, 0.1) is 25.1 Å². The molecule has 0 saturated carbocycles. The lowest BCUT2D eigenvalue weighted by molar-refractivity contribution is -0.950. The lowest BCUT2D eigenvalue weighted by Crippen LogP contribution is -3.17. The van der Waals surface area contributed by atoms with E-state index in [1.807, 2.05) is 0 Å². The molecule has 0 spiro atoms. The molecule has 3 aliphatic heterocycles. The summed E-state index contributed by atoms with van der Waals surface area (Å²) >= 11 is 0. The summed E-state index contributed by atoms with van der Waals surface area (Å²) in [6, 6.07) is 0. The van der Waals surface area contributed by atoms with Crippen molar-refractivity contribution in [2.24, 2.45) is 5.73 Å². The van der Waals surface area contributed by atoms with Crippen molar-refractivity contribution in [3.8, 4) is 0 Å². The minimum Gasteiger partial charge on any atom is -0.756 e. The summed E-state index contributed by atoms with van der Waals surface area (Å²) in [6.07, 6.45) is -9.91. The fourth-order valence-corrected chi connectivity index (χ4v) is 7.12. The molecule has 0 radical (unpaired) electrons. The summed E-state index contributed by atoms with van der Waals surface area (Å²) in [6.45, 7) is -2.03. The van der Waals surface area contributed by atoms with Crippen LogP contribution in [0, 0.1) is 0 Å². The number of primary amides is 1. The average Bonchev–Trinajstić information content (AvgIpc) is 3.61. The number of nitrogens with one attached hydrogen (secondary N) is 1. The Kier molecular flexibility index (Phi) is 9.74. The molecule has 10 N–H and O–H groups in total. The number of hydrogen-bond donors (Lipinski definition) is 8. The van der Waals surface area contributed by atoms with Crippen LogP contribution in [0.3, 0.4) is 0 Å². The number of anilines is 1. The molecule has 0 aromatic carbocycles. The van der Waals surface area contributed by atoms with Gasteiger partial charge >= 0.3 is 0 Å². The van der Waals surface area contributed by atoms with Crippen LogP contribution in [-0.2, 0) is 36.8 Å². The number of hydrogen-bond acceptors (Lipinski definition) is 19. The highest BCUT2D eigenvalue weighted by molar-refractivity contribution is 7.59. The topological polar surface area (TPSA) is 345 Å². The van der Waals surface area contributed by atoms with Crippen LogP contribution in [0.5, 0.6) is 0 Å². The van der Waals surface area contributed by atoms with Gasteiger partial charge in [0.15, 0.2) is 30.0 Å². The first-order valence-electron chi connectivity index (χ1n) is 13.2. The van der Waals surface area contributed by atoms with Crippen LogP contribution < -0.4 is 26.2 Å². The van der Waals surface area contributed by atoms with Gasteiger partial charge in [-0.05, 0) is 6.42 Å². The van der Waals surface area contributed by atoms with Crippen LogP contribution in [0.25, 0.3) is 11.2 Å². The standard InChI is InChI=1S/C21H31N7O15P2/c22-17-12-19(25-6-24-17)28(7-26-12)21-16(33)14(31)10(42-21)5-40-45(37,38)43-44(35,36)39-4-9-13(30)15(32)20(41-9)27-3-8(18(23)34)1-2-11(27)29/h3,6-7,9-11,13-16,20-21,29-33H,1-2,4-5H2,(H2,23,34)(H,35,36)(H,37,38)(H2,22,24,25)/p-1/t9-,10-,11+,13-,14-,15-,16-,20-,21-/m1/s1. The molecule has 22 nitrogen and oxygen atoms in total. The molecule has 2 fully saturated rings. The molecule has 5 rings (SSSR count). The lowest BCUT2D eigenvalue weighted by Gasteiger charge is -2.32. The molecule has 3 unspecified atom stereocenters. The number of nitrogens with zero attached hydrogens (tertiary/aromatic N) is 4. The summed E-state index contributed by atoms with van der Waals surface area (Å²) in [7, 11) is -11.4. The van der Waals surface area contributed by atoms with Crippen molar-refractivity contribution in [1.82, 2.24) is 19.5 Å². The molecular formula is C21H30N7O15P2-. The van der Waals surface area contributed by atoms with E-state index < -0.39 is 90.1 Å². The van der Waals surface area contributed by atoms with Crippen molar-refractivity contribution in [3.63, 3.8) is 0 Å². The van der Waals surface area contributed by atoms with Crippen molar-refractivity contribution < 1.29 is 77.0 Å². The van der Waals surface area contributed by atoms with Crippen molar-refractivity contribution in [2.75, 3.05) is 18.9 Å². The predicted octanol–water partition coefficient (Wildman–Crippen LogP) is -6.17. The van der Waals surface area contributed by atoms with Crippen molar-refractivity contribution in [2.45, 2.75) is 68.1 Å². The van der Waals surface area contributed by atoms with E-state index in [4.69, 9.17) is 20.9 Å². The number of ether oxygens (including phenoxy) is 2. The third-order valence-electron chi connectivity index (χ3n) is 7.41. The number of aromatic nitrogens is 4. The maximum atomic E-state index is 12.3. The van der Waals surface area contributed by atoms with Gasteiger partial charge in [0.25, 0.3) is 15.6 Å². The monoisotopic (exact) mass is 682 g/mol. The van der Waals surface area contributed by atoms with Crippen molar-refractivity contribution in [3.05, 3.63) is 24.4 Å². The minimum atomic E-state index is -5.72. The van der Waals surface area contributed by atoms with Gasteiger partial charge in [-0.1, -0.05) is 0 Å². The number of aliphatic hydroxyl groups is 5. The van der Waals surface area contributed by atoms with Crippen molar-refractivity contribution in [1.29, 1.82) is 0 Å². The number of carbonyl (C=O) groups is 1. The maximum absolute atomic E-state index is 12.3. The maximum Gasteiger partial charge on any atom is 0.274 e. The Morgan fingerprint density at radius 3 is 2.27 bits per heavy atom. The van der Waals surface area contributed by atoms with Crippen LogP contribution in [0.15, 0.2) is 24.4 Å². The number of nitrogen functional groups attached to an aromatic ring is 1. The Bertz CT molecular complexity index is 1550. The highest BCUT2D eigenvalue weighted by Crippen LogP contribution is 2.56. The van der Waals surface area contributed by atoms with Gasteiger partial charge in [-0.25, -0.2) is 19.3 Å². The number of quaternary nitrogens is 1. The smallest absolute Gasteiger partial charge is 0.274 e. The van der Waals surface area contributed by atoms with E-state index in [1.165, 1.54) is 17.1 Å². The number of phosphoric ester groups is 2. The molecule has 12 atom stereocenters. The molecule has 0 aliphatic carbocycles. The van der Waals surface area contributed by atoms with Gasteiger partial charge in [0.1, 0.15) is 48.6 Å².